The van der Waals surface area contributed by atoms with E-state index in [-0.39, 0.29) is 12.1 Å². The van der Waals surface area contributed by atoms with Gasteiger partial charge in [-0.05, 0) is 23.8 Å². The Balaban J connectivity index is 2.94. The molecule has 108 valence electrons. The molecule has 3 nitrogen and oxygen atoms in total. The summed E-state index contributed by atoms with van der Waals surface area (Å²) < 4.78 is 55.8. The number of nitrogens with one attached hydrogen (secondary N) is 1. The van der Waals surface area contributed by atoms with E-state index >= 15 is 0 Å². The van der Waals surface area contributed by atoms with Crippen LogP contribution in [0.15, 0.2) is 18.2 Å². The second kappa shape index (κ2) is 6.83. The van der Waals surface area contributed by atoms with Crippen molar-refractivity contribution in [2.75, 3.05) is 26.8 Å². The van der Waals surface area contributed by atoms with Gasteiger partial charge in [0, 0.05) is 26.2 Å². The molecule has 0 saturated carbocycles. The van der Waals surface area contributed by atoms with Crippen LogP contribution in [0.1, 0.15) is 17.2 Å². The van der Waals surface area contributed by atoms with E-state index in [1.165, 1.54) is 7.11 Å². The Kier molecular flexibility index (Phi) is 5.71. The molecule has 0 fully saturated rings. The van der Waals surface area contributed by atoms with Crippen LogP contribution >= 0.6 is 0 Å². The van der Waals surface area contributed by atoms with Crippen LogP contribution in [0.3, 0.4) is 0 Å². The zero-order valence-corrected chi connectivity index (χ0v) is 10.4. The number of nitrogens with two attached hydrogens (primary N) is 1. The maximum absolute atomic E-state index is 13.2. The zero-order valence-electron chi connectivity index (χ0n) is 10.4. The van der Waals surface area contributed by atoms with Crippen LogP contribution in [0, 0.1) is 5.82 Å². The van der Waals surface area contributed by atoms with Gasteiger partial charge < -0.3 is 15.8 Å². The summed E-state index contributed by atoms with van der Waals surface area (Å²) in [6, 6.07) is 1.87. The van der Waals surface area contributed by atoms with Crippen molar-refractivity contribution in [3.63, 3.8) is 0 Å². The topological polar surface area (TPSA) is 47.3 Å². The number of alkyl halides is 3. The van der Waals surface area contributed by atoms with Gasteiger partial charge in [0.05, 0.1) is 12.2 Å². The van der Waals surface area contributed by atoms with Crippen molar-refractivity contribution in [1.82, 2.24) is 5.32 Å². The summed E-state index contributed by atoms with van der Waals surface area (Å²) in [5, 5.41) is 2.91. The number of rotatable bonds is 6. The van der Waals surface area contributed by atoms with E-state index in [0.29, 0.717) is 19.2 Å². The molecule has 19 heavy (non-hydrogen) atoms. The van der Waals surface area contributed by atoms with E-state index in [0.717, 1.165) is 12.1 Å². The quantitative estimate of drug-likeness (QED) is 0.619. The molecule has 1 unspecified atom stereocenters. The van der Waals surface area contributed by atoms with Gasteiger partial charge in [-0.15, -0.1) is 0 Å². The van der Waals surface area contributed by atoms with Gasteiger partial charge in [-0.3, -0.25) is 0 Å². The first kappa shape index (κ1) is 15.9. The highest BCUT2D eigenvalue weighted by molar-refractivity contribution is 5.29. The minimum atomic E-state index is -4.58. The first-order chi connectivity index (χ1) is 8.88. The fraction of sp³-hybridized carbons (Fsp3) is 0.500. The maximum atomic E-state index is 13.2. The van der Waals surface area contributed by atoms with Crippen LogP contribution in [-0.4, -0.2) is 26.8 Å². The Morgan fingerprint density at radius 2 is 2.00 bits per heavy atom. The van der Waals surface area contributed by atoms with Crippen LogP contribution < -0.4 is 11.1 Å². The van der Waals surface area contributed by atoms with Crippen molar-refractivity contribution >= 4 is 0 Å². The number of halogens is 4. The largest absolute Gasteiger partial charge is 0.416 e. The molecule has 0 saturated heterocycles. The van der Waals surface area contributed by atoms with E-state index in [1.54, 1.807) is 0 Å². The van der Waals surface area contributed by atoms with E-state index in [2.05, 4.69) is 5.32 Å². The predicted molar refractivity (Wildman–Crippen MR) is 63.1 cm³/mol. The smallest absolute Gasteiger partial charge is 0.383 e. The fourth-order valence-corrected chi connectivity index (χ4v) is 1.65. The lowest BCUT2D eigenvalue weighted by Crippen LogP contribution is -2.31. The molecular formula is C12H16F4N2O. The predicted octanol–water partition coefficient (Wildman–Crippen LogP) is 2.08. The number of benzene rings is 1. The van der Waals surface area contributed by atoms with Crippen LogP contribution in [0.2, 0.25) is 0 Å². The lowest BCUT2D eigenvalue weighted by atomic mass is 10.0. The second-order valence-corrected chi connectivity index (χ2v) is 4.01. The Morgan fingerprint density at radius 3 is 2.53 bits per heavy atom. The van der Waals surface area contributed by atoms with Crippen molar-refractivity contribution in [2.45, 2.75) is 12.2 Å². The second-order valence-electron chi connectivity index (χ2n) is 4.01. The maximum Gasteiger partial charge on any atom is 0.416 e. The number of ether oxygens (including phenoxy) is 1. The third-order valence-corrected chi connectivity index (χ3v) is 2.58. The van der Waals surface area contributed by atoms with E-state index in [9.17, 15) is 17.6 Å². The summed E-state index contributed by atoms with van der Waals surface area (Å²) in [5.41, 5.74) is 4.64. The molecule has 0 aliphatic rings. The molecule has 0 bridgehead atoms. The van der Waals surface area contributed by atoms with Crippen LogP contribution in [-0.2, 0) is 10.9 Å². The average molecular weight is 280 g/mol. The van der Waals surface area contributed by atoms with E-state index in [4.69, 9.17) is 10.5 Å². The minimum Gasteiger partial charge on any atom is -0.383 e. The zero-order chi connectivity index (χ0) is 14.5. The highest BCUT2D eigenvalue weighted by Crippen LogP contribution is 2.31. The Hall–Kier alpha value is -1.18. The fourth-order valence-electron chi connectivity index (χ4n) is 1.65. The number of hydrogen-bond donors (Lipinski definition) is 2. The molecule has 3 N–H and O–H groups in total. The van der Waals surface area contributed by atoms with Crippen LogP contribution in [0.5, 0.6) is 0 Å². The third kappa shape index (κ3) is 4.77. The van der Waals surface area contributed by atoms with Gasteiger partial charge in [-0.25, -0.2) is 4.39 Å². The molecule has 0 aliphatic carbocycles. The molecule has 0 aliphatic heterocycles. The molecule has 1 atom stereocenters. The molecule has 0 heterocycles. The van der Waals surface area contributed by atoms with Crippen LogP contribution in [0.4, 0.5) is 17.6 Å². The van der Waals surface area contributed by atoms with Gasteiger partial charge in [-0.2, -0.15) is 13.2 Å². The summed E-state index contributed by atoms with van der Waals surface area (Å²) >= 11 is 0. The molecular weight excluding hydrogens is 264 g/mol. The molecule has 0 spiro atoms. The van der Waals surface area contributed by atoms with Crippen LogP contribution in [0.25, 0.3) is 0 Å². The molecule has 0 aromatic heterocycles. The molecule has 1 aromatic rings. The van der Waals surface area contributed by atoms with Crippen molar-refractivity contribution in [3.05, 3.63) is 35.1 Å². The standard InChI is InChI=1S/C12H16F4N2O/c1-19-3-2-18-11(7-17)8-4-9(12(14,15)16)6-10(13)5-8/h4-6,11,18H,2-3,7,17H2,1H3. The van der Waals surface area contributed by atoms with Gasteiger partial charge in [0.15, 0.2) is 0 Å². The molecule has 0 radical (unpaired) electrons. The van der Waals surface area contributed by atoms with Gasteiger partial charge in [0.25, 0.3) is 0 Å². The van der Waals surface area contributed by atoms with Gasteiger partial charge in [0.2, 0.25) is 0 Å². The third-order valence-electron chi connectivity index (χ3n) is 2.58. The van der Waals surface area contributed by atoms with E-state index in [1.807, 2.05) is 0 Å². The monoisotopic (exact) mass is 280 g/mol. The highest BCUT2D eigenvalue weighted by Gasteiger charge is 2.31. The van der Waals surface area contributed by atoms with Crippen molar-refractivity contribution in [2.24, 2.45) is 5.73 Å². The first-order valence-corrected chi connectivity index (χ1v) is 5.68. The highest BCUT2D eigenvalue weighted by atomic mass is 19.4. The molecule has 7 heteroatoms. The SMILES string of the molecule is COCCNC(CN)c1cc(F)cc(C(F)(F)F)c1. The molecule has 0 amide bonds. The van der Waals surface area contributed by atoms with Gasteiger partial charge in [-0.1, -0.05) is 0 Å². The Bertz CT molecular complexity index is 409. The lowest BCUT2D eigenvalue weighted by molar-refractivity contribution is -0.137. The van der Waals surface area contributed by atoms with E-state index < -0.39 is 23.6 Å². The summed E-state index contributed by atoms with van der Waals surface area (Å²) in [6.45, 7) is 0.860. The molecule has 1 rings (SSSR count). The summed E-state index contributed by atoms with van der Waals surface area (Å²) in [4.78, 5) is 0. The summed E-state index contributed by atoms with van der Waals surface area (Å²) in [5.74, 6) is -0.934. The van der Waals surface area contributed by atoms with Gasteiger partial charge >= 0.3 is 6.18 Å². The van der Waals surface area contributed by atoms with Crippen molar-refractivity contribution in [3.8, 4) is 0 Å². The normalized spacial score (nSPS) is 13.6. The Morgan fingerprint density at radius 1 is 1.32 bits per heavy atom. The van der Waals surface area contributed by atoms with Crippen molar-refractivity contribution in [1.29, 1.82) is 0 Å². The molecule has 1 aromatic carbocycles. The summed E-state index contributed by atoms with van der Waals surface area (Å²) in [6.07, 6.45) is -4.58. The number of methoxy groups -OCH3 is 1. The first-order valence-electron chi connectivity index (χ1n) is 5.68. The van der Waals surface area contributed by atoms with Crippen molar-refractivity contribution < 1.29 is 22.3 Å². The average Bonchev–Trinajstić information content (AvgIpc) is 2.33. The minimum absolute atomic E-state index is 0.0600. The van der Waals surface area contributed by atoms with Gasteiger partial charge in [0.1, 0.15) is 5.82 Å². The Labute approximate surface area is 108 Å². The lowest BCUT2D eigenvalue weighted by Gasteiger charge is -2.18. The number of hydrogen-bond acceptors (Lipinski definition) is 3. The summed E-state index contributed by atoms with van der Waals surface area (Å²) in [7, 11) is 1.50.